The summed E-state index contributed by atoms with van der Waals surface area (Å²) < 4.78 is 6.14. The van der Waals surface area contributed by atoms with Crippen LogP contribution < -0.4 is 15.4 Å². The predicted molar refractivity (Wildman–Crippen MR) is 102 cm³/mol. The number of para-hydroxylation sites is 3. The van der Waals surface area contributed by atoms with Crippen LogP contribution in [0, 0.1) is 0 Å². The van der Waals surface area contributed by atoms with Gasteiger partial charge in [0.2, 0.25) is 5.78 Å². The third kappa shape index (κ3) is 2.18. The molecule has 0 bridgehead atoms. The van der Waals surface area contributed by atoms with Crippen molar-refractivity contribution >= 4 is 23.1 Å². The highest BCUT2D eigenvalue weighted by molar-refractivity contribution is 6.14. The molecule has 1 spiro atoms. The van der Waals surface area contributed by atoms with E-state index in [9.17, 15) is 9.59 Å². The normalized spacial score (nSPS) is 22.2. The van der Waals surface area contributed by atoms with E-state index >= 15 is 0 Å². The summed E-state index contributed by atoms with van der Waals surface area (Å²) in [6.45, 7) is 0. The van der Waals surface area contributed by atoms with Crippen molar-refractivity contribution in [2.75, 3.05) is 10.6 Å². The van der Waals surface area contributed by atoms with Gasteiger partial charge in [-0.2, -0.15) is 0 Å². The molecule has 2 atom stereocenters. The monoisotopic (exact) mass is 356 g/mol. The van der Waals surface area contributed by atoms with E-state index < -0.39 is 11.6 Å². The number of rotatable bonds is 2. The van der Waals surface area contributed by atoms with Crippen LogP contribution in [-0.4, -0.2) is 17.8 Å². The van der Waals surface area contributed by atoms with Crippen molar-refractivity contribution in [1.29, 1.82) is 0 Å². The summed E-state index contributed by atoms with van der Waals surface area (Å²) in [5, 5.41) is 6.21. The summed E-state index contributed by atoms with van der Waals surface area (Å²) in [5.41, 5.74) is 1.25. The summed E-state index contributed by atoms with van der Waals surface area (Å²) in [5.74, 6) is 0.00604. The van der Waals surface area contributed by atoms with Crippen LogP contribution >= 0.6 is 0 Å². The Balaban J connectivity index is 1.72. The van der Waals surface area contributed by atoms with Gasteiger partial charge in [0.05, 0.1) is 5.69 Å². The summed E-state index contributed by atoms with van der Waals surface area (Å²) in [6.07, 6.45) is -1.03. The summed E-state index contributed by atoms with van der Waals surface area (Å²) in [4.78, 5) is 26.5. The topological polar surface area (TPSA) is 67.4 Å². The van der Waals surface area contributed by atoms with Gasteiger partial charge in [-0.05, 0) is 18.2 Å². The molecule has 0 aliphatic carbocycles. The number of ketones is 1. The number of fused-ring (bicyclic) bond motifs is 3. The molecule has 0 saturated heterocycles. The lowest BCUT2D eigenvalue weighted by molar-refractivity contribution is -0.122. The van der Waals surface area contributed by atoms with Crippen molar-refractivity contribution in [2.24, 2.45) is 0 Å². The van der Waals surface area contributed by atoms with Crippen molar-refractivity contribution in [3.05, 3.63) is 90.0 Å². The van der Waals surface area contributed by atoms with Crippen LogP contribution in [0.1, 0.15) is 15.9 Å². The molecule has 5 heteroatoms. The maximum atomic E-state index is 13.4. The first-order chi connectivity index (χ1) is 13.2. The average Bonchev–Trinajstić information content (AvgIpc) is 2.99. The number of hydrogen-bond donors (Lipinski definition) is 2. The van der Waals surface area contributed by atoms with Gasteiger partial charge in [0, 0.05) is 16.8 Å². The highest BCUT2D eigenvalue weighted by Crippen LogP contribution is 2.47. The molecule has 2 aliphatic rings. The number of nitrogens with one attached hydrogen (secondary N) is 2. The minimum absolute atomic E-state index is 0.246. The molecule has 1 amide bonds. The smallest absolute Gasteiger partial charge is 0.259 e. The molecule has 3 aromatic rings. The Kier molecular flexibility index (Phi) is 3.31. The fourth-order valence-electron chi connectivity index (χ4n) is 3.83. The Hall–Kier alpha value is -3.60. The van der Waals surface area contributed by atoms with Crippen molar-refractivity contribution < 1.29 is 14.3 Å². The Morgan fingerprint density at radius 3 is 2.33 bits per heavy atom. The molecule has 0 aromatic heterocycles. The van der Waals surface area contributed by atoms with E-state index in [4.69, 9.17) is 4.74 Å². The molecular formula is C22H16N2O3. The van der Waals surface area contributed by atoms with E-state index in [2.05, 4.69) is 10.6 Å². The van der Waals surface area contributed by atoms with Gasteiger partial charge in [-0.15, -0.1) is 0 Å². The predicted octanol–water partition coefficient (Wildman–Crippen LogP) is 3.59. The van der Waals surface area contributed by atoms with Crippen LogP contribution in [0.2, 0.25) is 0 Å². The van der Waals surface area contributed by atoms with E-state index in [-0.39, 0.29) is 11.7 Å². The lowest BCUT2D eigenvalue weighted by atomic mass is 9.80. The van der Waals surface area contributed by atoms with Crippen LogP contribution in [0.15, 0.2) is 78.9 Å². The van der Waals surface area contributed by atoms with Gasteiger partial charge in [0.1, 0.15) is 5.75 Å². The number of anilines is 2. The second-order valence-electron chi connectivity index (χ2n) is 6.66. The number of carbonyl (C=O) groups excluding carboxylic acids is 2. The molecule has 2 aliphatic heterocycles. The molecular weight excluding hydrogens is 340 g/mol. The second-order valence-corrected chi connectivity index (χ2v) is 6.66. The Labute approximate surface area is 156 Å². The first-order valence-electron chi connectivity index (χ1n) is 8.74. The van der Waals surface area contributed by atoms with Gasteiger partial charge in [0.15, 0.2) is 11.6 Å². The molecule has 2 heterocycles. The molecule has 0 saturated carbocycles. The van der Waals surface area contributed by atoms with Crippen LogP contribution in [0.3, 0.4) is 0 Å². The number of Topliss-reactive ketones (excluding diaryl/α,β-unsaturated/α-hetero) is 1. The fourth-order valence-corrected chi connectivity index (χ4v) is 3.83. The Morgan fingerprint density at radius 1 is 0.852 bits per heavy atom. The lowest BCUT2D eigenvalue weighted by Crippen LogP contribution is -2.59. The van der Waals surface area contributed by atoms with Crippen molar-refractivity contribution in [3.8, 4) is 5.75 Å². The zero-order valence-corrected chi connectivity index (χ0v) is 14.3. The molecule has 5 nitrogen and oxygen atoms in total. The van der Waals surface area contributed by atoms with E-state index in [1.54, 1.807) is 30.3 Å². The number of hydrogen-bond acceptors (Lipinski definition) is 4. The molecule has 5 rings (SSSR count). The van der Waals surface area contributed by atoms with Crippen LogP contribution in [0.5, 0.6) is 5.75 Å². The standard InChI is InChI=1S/C22H16N2O3/c25-19(14-8-2-1-3-9-14)20-22(24-17-12-6-7-13-18(17)27-20)15-10-4-5-11-16(15)23-21(22)26/h1-13,20,24H,(H,23,26)/t20-,22+/m1/s1. The maximum Gasteiger partial charge on any atom is 0.259 e. The van der Waals surface area contributed by atoms with Crippen LogP contribution in [0.4, 0.5) is 11.4 Å². The van der Waals surface area contributed by atoms with E-state index in [0.29, 0.717) is 28.3 Å². The minimum Gasteiger partial charge on any atom is -0.477 e. The third-order valence-corrected chi connectivity index (χ3v) is 5.11. The quantitative estimate of drug-likeness (QED) is 0.689. The molecule has 0 unspecified atom stereocenters. The summed E-state index contributed by atoms with van der Waals surface area (Å²) in [7, 11) is 0. The van der Waals surface area contributed by atoms with Crippen LogP contribution in [0.25, 0.3) is 0 Å². The summed E-state index contributed by atoms with van der Waals surface area (Å²) >= 11 is 0. The number of carbonyl (C=O) groups is 2. The number of amides is 1. The van der Waals surface area contributed by atoms with Gasteiger partial charge < -0.3 is 15.4 Å². The van der Waals surface area contributed by atoms with E-state index in [1.165, 1.54) is 0 Å². The van der Waals surface area contributed by atoms with Gasteiger partial charge in [-0.3, -0.25) is 9.59 Å². The van der Waals surface area contributed by atoms with Crippen molar-refractivity contribution in [1.82, 2.24) is 0 Å². The molecule has 132 valence electrons. The zero-order chi connectivity index (χ0) is 18.4. The van der Waals surface area contributed by atoms with E-state index in [0.717, 1.165) is 0 Å². The molecule has 3 aromatic carbocycles. The maximum absolute atomic E-state index is 13.4. The van der Waals surface area contributed by atoms with E-state index in [1.807, 2.05) is 48.5 Å². The molecule has 27 heavy (non-hydrogen) atoms. The molecule has 0 radical (unpaired) electrons. The SMILES string of the molecule is O=C(c1ccccc1)[C@H]1Oc2ccccc2N[C@]12C(=O)Nc1ccccc12. The van der Waals surface area contributed by atoms with Gasteiger partial charge >= 0.3 is 0 Å². The number of benzene rings is 3. The average molecular weight is 356 g/mol. The van der Waals surface area contributed by atoms with Gasteiger partial charge in [-0.25, -0.2) is 0 Å². The highest BCUT2D eigenvalue weighted by atomic mass is 16.5. The zero-order valence-electron chi connectivity index (χ0n) is 14.3. The fraction of sp³-hybridized carbons (Fsp3) is 0.0909. The van der Waals surface area contributed by atoms with Crippen molar-refractivity contribution in [3.63, 3.8) is 0 Å². The largest absolute Gasteiger partial charge is 0.477 e. The minimum atomic E-state index is -1.32. The Bertz CT molecular complexity index is 1060. The van der Waals surface area contributed by atoms with Crippen molar-refractivity contribution in [2.45, 2.75) is 11.6 Å². The molecule has 2 N–H and O–H groups in total. The van der Waals surface area contributed by atoms with Gasteiger partial charge in [-0.1, -0.05) is 60.7 Å². The van der Waals surface area contributed by atoms with Crippen LogP contribution in [-0.2, 0) is 10.3 Å². The number of ether oxygens (including phenoxy) is 1. The third-order valence-electron chi connectivity index (χ3n) is 5.11. The molecule has 0 fully saturated rings. The summed E-state index contributed by atoms with van der Waals surface area (Å²) in [6, 6.07) is 23.6. The highest BCUT2D eigenvalue weighted by Gasteiger charge is 2.59. The first-order valence-corrected chi connectivity index (χ1v) is 8.74. The Morgan fingerprint density at radius 2 is 1.52 bits per heavy atom. The first kappa shape index (κ1) is 15.6. The lowest BCUT2D eigenvalue weighted by Gasteiger charge is -2.41. The second kappa shape index (κ2) is 5.71. The van der Waals surface area contributed by atoms with Gasteiger partial charge in [0.25, 0.3) is 5.91 Å².